The highest BCUT2D eigenvalue weighted by Gasteiger charge is 2.19. The maximum absolute atomic E-state index is 12.1. The first-order valence-corrected chi connectivity index (χ1v) is 8.49. The van der Waals surface area contributed by atoms with Crippen molar-refractivity contribution in [3.8, 4) is 0 Å². The molecule has 0 aliphatic carbocycles. The van der Waals surface area contributed by atoms with Crippen LogP contribution in [0.1, 0.15) is 36.7 Å². The van der Waals surface area contributed by atoms with Crippen molar-refractivity contribution in [1.82, 2.24) is 0 Å². The highest BCUT2D eigenvalue weighted by atomic mass is 16.6. The number of hydrogen-bond acceptors (Lipinski definition) is 5. The van der Waals surface area contributed by atoms with Crippen molar-refractivity contribution in [1.29, 1.82) is 0 Å². The van der Waals surface area contributed by atoms with Gasteiger partial charge in [-0.1, -0.05) is 30.3 Å². The van der Waals surface area contributed by atoms with Gasteiger partial charge < -0.3 is 14.6 Å². The summed E-state index contributed by atoms with van der Waals surface area (Å²) in [5, 5.41) is 14.1. The minimum absolute atomic E-state index is 0.0609. The molecule has 0 aromatic heterocycles. The second-order valence-electron chi connectivity index (χ2n) is 6.88. The van der Waals surface area contributed by atoms with E-state index in [1.165, 1.54) is 18.2 Å². The highest BCUT2D eigenvalue weighted by Crippen LogP contribution is 2.25. The Bertz CT molecular complexity index is 859. The Morgan fingerprint density at radius 3 is 2.18 bits per heavy atom. The summed E-state index contributed by atoms with van der Waals surface area (Å²) in [7, 11) is 0. The average Bonchev–Trinajstić information content (AvgIpc) is 2.60. The number of aromatic carboxylic acids is 1. The van der Waals surface area contributed by atoms with Crippen molar-refractivity contribution in [2.24, 2.45) is 0 Å². The zero-order chi connectivity index (χ0) is 20.7. The number of carboxylic acids is 1. The van der Waals surface area contributed by atoms with Crippen molar-refractivity contribution in [2.75, 3.05) is 10.6 Å². The van der Waals surface area contributed by atoms with Crippen LogP contribution in [-0.2, 0) is 16.1 Å². The predicted molar refractivity (Wildman–Crippen MR) is 104 cm³/mol. The summed E-state index contributed by atoms with van der Waals surface area (Å²) in [6.07, 6.45) is -1.53. The summed E-state index contributed by atoms with van der Waals surface area (Å²) in [6, 6.07) is 13.0. The summed E-state index contributed by atoms with van der Waals surface area (Å²) in [5.74, 6) is -1.18. The van der Waals surface area contributed by atoms with Gasteiger partial charge in [-0.2, -0.15) is 0 Å². The van der Waals surface area contributed by atoms with Crippen LogP contribution in [0.4, 0.5) is 21.0 Å². The van der Waals surface area contributed by atoms with E-state index < -0.39 is 23.8 Å². The fourth-order valence-electron chi connectivity index (χ4n) is 2.17. The van der Waals surface area contributed by atoms with Gasteiger partial charge in [0.15, 0.2) is 0 Å². The van der Waals surface area contributed by atoms with Crippen molar-refractivity contribution >= 4 is 29.5 Å². The van der Waals surface area contributed by atoms with E-state index in [1.54, 1.807) is 20.8 Å². The number of anilines is 2. The number of nitrogens with one attached hydrogen (secondary N) is 2. The van der Waals surface area contributed by atoms with Gasteiger partial charge in [0.25, 0.3) is 0 Å². The normalized spacial score (nSPS) is 10.7. The Morgan fingerprint density at radius 1 is 0.929 bits per heavy atom. The molecular formula is C20H22N2O6. The van der Waals surface area contributed by atoms with Gasteiger partial charge in [-0.3, -0.25) is 10.6 Å². The molecule has 0 bridgehead atoms. The van der Waals surface area contributed by atoms with E-state index in [4.69, 9.17) is 14.6 Å². The van der Waals surface area contributed by atoms with Crippen molar-refractivity contribution < 1.29 is 29.0 Å². The zero-order valence-electron chi connectivity index (χ0n) is 15.8. The molecule has 0 atom stereocenters. The predicted octanol–water partition coefficient (Wildman–Crippen LogP) is 4.48. The molecule has 0 saturated heterocycles. The largest absolute Gasteiger partial charge is 0.478 e. The lowest BCUT2D eigenvalue weighted by Crippen LogP contribution is -2.27. The third-order valence-corrected chi connectivity index (χ3v) is 3.35. The number of amides is 2. The number of hydrogen-bond donors (Lipinski definition) is 3. The van der Waals surface area contributed by atoms with Crippen LogP contribution < -0.4 is 10.6 Å². The Labute approximate surface area is 162 Å². The Balaban J connectivity index is 2.12. The number of carboxylic acid groups (broad SMARTS) is 1. The molecule has 0 radical (unpaired) electrons. The van der Waals surface area contributed by atoms with Gasteiger partial charge in [-0.25, -0.2) is 14.4 Å². The number of ether oxygens (including phenoxy) is 2. The minimum atomic E-state index is -1.18. The quantitative estimate of drug-likeness (QED) is 0.698. The molecule has 2 amide bonds. The second kappa shape index (κ2) is 8.90. The number of rotatable bonds is 5. The summed E-state index contributed by atoms with van der Waals surface area (Å²) in [6.45, 7) is 5.15. The van der Waals surface area contributed by atoms with Crippen molar-refractivity contribution in [3.05, 3.63) is 59.7 Å². The molecule has 0 unspecified atom stereocenters. The van der Waals surface area contributed by atoms with E-state index in [2.05, 4.69) is 10.6 Å². The fourth-order valence-corrected chi connectivity index (χ4v) is 2.17. The molecule has 0 aliphatic rings. The van der Waals surface area contributed by atoms with Crippen LogP contribution in [0.5, 0.6) is 0 Å². The average molecular weight is 386 g/mol. The molecule has 148 valence electrons. The van der Waals surface area contributed by atoms with Crippen LogP contribution in [0.3, 0.4) is 0 Å². The number of carbonyl (C=O) groups is 3. The van der Waals surface area contributed by atoms with Gasteiger partial charge in [-0.05, 0) is 44.5 Å². The molecule has 0 spiro atoms. The van der Waals surface area contributed by atoms with Crippen LogP contribution in [0.15, 0.2) is 48.5 Å². The summed E-state index contributed by atoms with van der Waals surface area (Å²) < 4.78 is 10.3. The molecule has 0 fully saturated rings. The summed E-state index contributed by atoms with van der Waals surface area (Å²) in [5.41, 5.74) is 0.261. The van der Waals surface area contributed by atoms with Crippen molar-refractivity contribution in [3.63, 3.8) is 0 Å². The van der Waals surface area contributed by atoms with Crippen molar-refractivity contribution in [2.45, 2.75) is 33.0 Å². The molecule has 2 rings (SSSR count). The third kappa shape index (κ3) is 6.64. The zero-order valence-corrected chi connectivity index (χ0v) is 15.8. The van der Waals surface area contributed by atoms with E-state index in [0.29, 0.717) is 0 Å². The molecule has 0 saturated carbocycles. The van der Waals surface area contributed by atoms with Gasteiger partial charge in [0.2, 0.25) is 0 Å². The van der Waals surface area contributed by atoms with Crippen LogP contribution in [-0.4, -0.2) is 28.9 Å². The standard InChI is InChI=1S/C20H22N2O6/c1-20(2,3)28-19(26)22-16-11-14(17(23)24)9-10-15(16)21-18(25)27-12-13-7-5-4-6-8-13/h4-11H,12H2,1-3H3,(H,21,25)(H,22,26)(H,23,24). The lowest BCUT2D eigenvalue weighted by molar-refractivity contribution is 0.0632. The number of carbonyl (C=O) groups excluding carboxylic acids is 2. The van der Waals surface area contributed by atoms with E-state index in [-0.39, 0.29) is 23.5 Å². The molecule has 0 heterocycles. The second-order valence-corrected chi connectivity index (χ2v) is 6.88. The monoisotopic (exact) mass is 386 g/mol. The minimum Gasteiger partial charge on any atom is -0.478 e. The first-order chi connectivity index (χ1) is 13.1. The third-order valence-electron chi connectivity index (χ3n) is 3.35. The lowest BCUT2D eigenvalue weighted by Gasteiger charge is -2.20. The SMILES string of the molecule is CC(C)(C)OC(=O)Nc1cc(C(=O)O)ccc1NC(=O)OCc1ccccc1. The molecule has 28 heavy (non-hydrogen) atoms. The molecule has 8 heteroatoms. The molecule has 2 aromatic carbocycles. The maximum atomic E-state index is 12.1. The summed E-state index contributed by atoms with van der Waals surface area (Å²) >= 11 is 0. The molecule has 0 aliphatic heterocycles. The number of benzene rings is 2. The van der Waals surface area contributed by atoms with Gasteiger partial charge in [-0.15, -0.1) is 0 Å². The highest BCUT2D eigenvalue weighted by molar-refractivity contribution is 5.98. The first kappa shape index (κ1) is 20.8. The van der Waals surface area contributed by atoms with Crippen LogP contribution in [0, 0.1) is 0 Å². The molecule has 3 N–H and O–H groups in total. The topological polar surface area (TPSA) is 114 Å². The van der Waals surface area contributed by atoms with Gasteiger partial charge in [0, 0.05) is 0 Å². The van der Waals surface area contributed by atoms with E-state index in [9.17, 15) is 14.4 Å². The fraction of sp³-hybridized carbons (Fsp3) is 0.250. The summed E-state index contributed by atoms with van der Waals surface area (Å²) in [4.78, 5) is 35.3. The van der Waals surface area contributed by atoms with Crippen LogP contribution >= 0.6 is 0 Å². The Hall–Kier alpha value is -3.55. The van der Waals surface area contributed by atoms with Crippen LogP contribution in [0.25, 0.3) is 0 Å². The smallest absolute Gasteiger partial charge is 0.412 e. The Kier molecular flexibility index (Phi) is 6.59. The molecule has 2 aromatic rings. The Morgan fingerprint density at radius 2 is 1.57 bits per heavy atom. The molecule has 8 nitrogen and oxygen atoms in total. The first-order valence-electron chi connectivity index (χ1n) is 8.49. The van der Waals surface area contributed by atoms with E-state index in [1.807, 2.05) is 30.3 Å². The van der Waals surface area contributed by atoms with Gasteiger partial charge >= 0.3 is 18.2 Å². The van der Waals surface area contributed by atoms with Gasteiger partial charge in [0.1, 0.15) is 12.2 Å². The van der Waals surface area contributed by atoms with Gasteiger partial charge in [0.05, 0.1) is 16.9 Å². The maximum Gasteiger partial charge on any atom is 0.412 e. The van der Waals surface area contributed by atoms with E-state index in [0.717, 1.165) is 5.56 Å². The van der Waals surface area contributed by atoms with E-state index >= 15 is 0 Å². The lowest BCUT2D eigenvalue weighted by atomic mass is 10.1. The van der Waals surface area contributed by atoms with Crippen LogP contribution in [0.2, 0.25) is 0 Å². The molecular weight excluding hydrogens is 364 g/mol.